The van der Waals surface area contributed by atoms with Crippen molar-refractivity contribution in [3.63, 3.8) is 0 Å². The van der Waals surface area contributed by atoms with Crippen molar-refractivity contribution in [3.8, 4) is 0 Å². The lowest BCUT2D eigenvalue weighted by Gasteiger charge is -2.08. The Bertz CT molecular complexity index is 644. The van der Waals surface area contributed by atoms with Crippen LogP contribution in [0, 0.1) is 10.1 Å². The topological polar surface area (TPSA) is 106 Å². The maximum absolute atomic E-state index is 11.0. The van der Waals surface area contributed by atoms with Crippen LogP contribution in [0.1, 0.15) is 18.5 Å². The van der Waals surface area contributed by atoms with Gasteiger partial charge < -0.3 is 10.6 Å². The van der Waals surface area contributed by atoms with E-state index < -0.39 is 4.92 Å². The molecule has 0 bridgehead atoms. The number of aromatic nitrogens is 3. The zero-order valence-corrected chi connectivity index (χ0v) is 11.2. The van der Waals surface area contributed by atoms with Gasteiger partial charge in [0.2, 0.25) is 11.8 Å². The smallest absolute Gasteiger partial charge is 0.329 e. The highest BCUT2D eigenvalue weighted by molar-refractivity contribution is 5.58. The minimum absolute atomic E-state index is 0.106. The Morgan fingerprint density at radius 1 is 1.33 bits per heavy atom. The molecule has 2 aromatic rings. The van der Waals surface area contributed by atoms with E-state index in [0.717, 1.165) is 18.5 Å². The normalized spacial score (nSPS) is 13.7. The van der Waals surface area contributed by atoms with Crippen LogP contribution < -0.4 is 10.6 Å². The van der Waals surface area contributed by atoms with Gasteiger partial charge in [-0.2, -0.15) is 4.98 Å². The highest BCUT2D eigenvalue weighted by Crippen LogP contribution is 2.29. The van der Waals surface area contributed by atoms with E-state index in [1.54, 1.807) is 6.20 Å². The summed E-state index contributed by atoms with van der Waals surface area (Å²) in [6.07, 6.45) is 4.95. The number of hydrogen-bond donors (Lipinski definition) is 2. The predicted octanol–water partition coefficient (Wildman–Crippen LogP) is 1.97. The Labute approximate surface area is 120 Å². The number of pyridine rings is 1. The molecule has 0 unspecified atom stereocenters. The molecule has 0 aromatic carbocycles. The van der Waals surface area contributed by atoms with Gasteiger partial charge in [0.25, 0.3) is 0 Å². The van der Waals surface area contributed by atoms with E-state index in [4.69, 9.17) is 0 Å². The van der Waals surface area contributed by atoms with Crippen molar-refractivity contribution in [1.29, 1.82) is 0 Å². The van der Waals surface area contributed by atoms with E-state index in [0.29, 0.717) is 12.5 Å². The molecule has 0 atom stereocenters. The van der Waals surface area contributed by atoms with Crippen LogP contribution in [-0.2, 0) is 6.54 Å². The van der Waals surface area contributed by atoms with Crippen molar-refractivity contribution in [3.05, 3.63) is 46.4 Å². The van der Waals surface area contributed by atoms with Crippen LogP contribution in [0.5, 0.6) is 0 Å². The lowest BCUT2D eigenvalue weighted by atomic mass is 10.3. The van der Waals surface area contributed by atoms with Gasteiger partial charge in [0.05, 0.1) is 17.2 Å². The fourth-order valence-corrected chi connectivity index (χ4v) is 1.79. The van der Waals surface area contributed by atoms with Gasteiger partial charge in [0.1, 0.15) is 6.20 Å². The summed E-state index contributed by atoms with van der Waals surface area (Å²) >= 11 is 0. The highest BCUT2D eigenvalue weighted by atomic mass is 16.6. The van der Waals surface area contributed by atoms with E-state index in [-0.39, 0.29) is 17.5 Å². The molecule has 108 valence electrons. The van der Waals surface area contributed by atoms with Gasteiger partial charge in [0.15, 0.2) is 0 Å². The first-order chi connectivity index (χ1) is 10.2. The van der Waals surface area contributed by atoms with Crippen LogP contribution in [0.25, 0.3) is 0 Å². The van der Waals surface area contributed by atoms with Crippen LogP contribution >= 0.6 is 0 Å². The fraction of sp³-hybridized carbons (Fsp3) is 0.308. The Kier molecular flexibility index (Phi) is 3.59. The molecule has 0 aliphatic heterocycles. The molecule has 0 amide bonds. The van der Waals surface area contributed by atoms with Crippen LogP contribution in [-0.4, -0.2) is 25.9 Å². The Morgan fingerprint density at radius 3 is 2.86 bits per heavy atom. The molecular formula is C13H14N6O2. The number of rotatable bonds is 6. The number of nitrogens with one attached hydrogen (secondary N) is 2. The molecule has 3 rings (SSSR count). The zero-order valence-electron chi connectivity index (χ0n) is 11.2. The Balaban J connectivity index is 1.74. The number of nitro groups is 1. The third kappa shape index (κ3) is 3.41. The van der Waals surface area contributed by atoms with Crippen molar-refractivity contribution in [2.75, 3.05) is 10.6 Å². The second kappa shape index (κ2) is 5.70. The van der Waals surface area contributed by atoms with Crippen LogP contribution in [0.4, 0.5) is 17.5 Å². The summed E-state index contributed by atoms with van der Waals surface area (Å²) in [7, 11) is 0. The largest absolute Gasteiger partial charge is 0.361 e. The lowest BCUT2D eigenvalue weighted by Crippen LogP contribution is -2.10. The highest BCUT2D eigenvalue weighted by Gasteiger charge is 2.26. The molecule has 0 spiro atoms. The average Bonchev–Trinajstić information content (AvgIpc) is 3.30. The second-order valence-electron chi connectivity index (χ2n) is 4.78. The van der Waals surface area contributed by atoms with Crippen LogP contribution in [0.15, 0.2) is 30.6 Å². The summed E-state index contributed by atoms with van der Waals surface area (Å²) < 4.78 is 0. The summed E-state index contributed by atoms with van der Waals surface area (Å²) in [6, 6.07) is 5.88. The molecule has 2 heterocycles. The number of nitrogens with zero attached hydrogens (tertiary/aromatic N) is 4. The SMILES string of the molecule is O=[N+]([O-])c1cnc(NCc2ccccn2)nc1NC1CC1. The van der Waals surface area contributed by atoms with Crippen LogP contribution in [0.2, 0.25) is 0 Å². The summed E-state index contributed by atoms with van der Waals surface area (Å²) in [5, 5.41) is 17.0. The van der Waals surface area contributed by atoms with Gasteiger partial charge in [-0.25, -0.2) is 4.98 Å². The van der Waals surface area contributed by atoms with Crippen molar-refractivity contribution in [2.24, 2.45) is 0 Å². The Hall–Kier alpha value is -2.77. The van der Waals surface area contributed by atoms with Gasteiger partial charge in [-0.05, 0) is 25.0 Å². The quantitative estimate of drug-likeness (QED) is 0.617. The molecule has 1 saturated carbocycles. The molecule has 21 heavy (non-hydrogen) atoms. The van der Waals surface area contributed by atoms with Crippen LogP contribution in [0.3, 0.4) is 0 Å². The predicted molar refractivity (Wildman–Crippen MR) is 76.9 cm³/mol. The molecule has 1 aliphatic carbocycles. The monoisotopic (exact) mass is 286 g/mol. The molecule has 0 radical (unpaired) electrons. The van der Waals surface area contributed by atoms with E-state index in [2.05, 4.69) is 25.6 Å². The minimum atomic E-state index is -0.479. The van der Waals surface area contributed by atoms with Crippen molar-refractivity contribution in [2.45, 2.75) is 25.4 Å². The van der Waals surface area contributed by atoms with Crippen molar-refractivity contribution < 1.29 is 4.92 Å². The molecule has 2 aromatic heterocycles. The second-order valence-corrected chi connectivity index (χ2v) is 4.78. The molecule has 8 nitrogen and oxygen atoms in total. The number of anilines is 2. The van der Waals surface area contributed by atoms with Crippen molar-refractivity contribution >= 4 is 17.5 Å². The molecule has 1 aliphatic rings. The summed E-state index contributed by atoms with van der Waals surface area (Å²) in [4.78, 5) is 22.8. The fourth-order valence-electron chi connectivity index (χ4n) is 1.79. The van der Waals surface area contributed by atoms with Gasteiger partial charge in [-0.15, -0.1) is 0 Å². The molecule has 1 fully saturated rings. The lowest BCUT2D eigenvalue weighted by molar-refractivity contribution is -0.384. The van der Waals surface area contributed by atoms with E-state index in [1.807, 2.05) is 18.2 Å². The first-order valence-corrected chi connectivity index (χ1v) is 6.64. The summed E-state index contributed by atoms with van der Waals surface area (Å²) in [5.41, 5.74) is 0.737. The Morgan fingerprint density at radius 2 is 2.19 bits per heavy atom. The summed E-state index contributed by atoms with van der Waals surface area (Å²) in [5.74, 6) is 0.607. The van der Waals surface area contributed by atoms with Gasteiger partial charge in [0, 0.05) is 12.2 Å². The van der Waals surface area contributed by atoms with Gasteiger partial charge in [-0.3, -0.25) is 15.1 Å². The standard InChI is InChI=1S/C13H14N6O2/c20-19(21)11-8-16-13(18-12(11)17-9-4-5-9)15-7-10-3-1-2-6-14-10/h1-3,6,8-9H,4-5,7H2,(H2,15,16,17,18). The molecule has 0 saturated heterocycles. The summed E-state index contributed by atoms with van der Waals surface area (Å²) in [6.45, 7) is 0.460. The minimum Gasteiger partial charge on any atom is -0.361 e. The molecular weight excluding hydrogens is 272 g/mol. The molecule has 2 N–H and O–H groups in total. The zero-order chi connectivity index (χ0) is 14.7. The third-order valence-corrected chi connectivity index (χ3v) is 3.04. The van der Waals surface area contributed by atoms with Gasteiger partial charge in [-0.1, -0.05) is 6.07 Å². The van der Waals surface area contributed by atoms with E-state index >= 15 is 0 Å². The third-order valence-electron chi connectivity index (χ3n) is 3.04. The number of hydrogen-bond acceptors (Lipinski definition) is 7. The average molecular weight is 286 g/mol. The van der Waals surface area contributed by atoms with E-state index in [9.17, 15) is 10.1 Å². The maximum atomic E-state index is 11.0. The first kappa shape index (κ1) is 13.2. The first-order valence-electron chi connectivity index (χ1n) is 6.64. The van der Waals surface area contributed by atoms with Gasteiger partial charge >= 0.3 is 5.69 Å². The maximum Gasteiger partial charge on any atom is 0.329 e. The van der Waals surface area contributed by atoms with Crippen molar-refractivity contribution in [1.82, 2.24) is 15.0 Å². The molecule has 8 heteroatoms. The van der Waals surface area contributed by atoms with E-state index in [1.165, 1.54) is 6.20 Å².